The fourth-order valence-corrected chi connectivity index (χ4v) is 2.21. The molecular weight excluding hydrogens is 297 g/mol. The van der Waals surface area contributed by atoms with Crippen molar-refractivity contribution in [2.24, 2.45) is 0 Å². The van der Waals surface area contributed by atoms with Crippen LogP contribution in [0.1, 0.15) is 11.3 Å². The Hall–Kier alpha value is -1.96. The van der Waals surface area contributed by atoms with E-state index in [0.29, 0.717) is 32.6 Å². The maximum absolute atomic E-state index is 9.31. The molecule has 1 aromatic heterocycles. The van der Waals surface area contributed by atoms with Gasteiger partial charge >= 0.3 is 0 Å². The van der Waals surface area contributed by atoms with Gasteiger partial charge in [-0.3, -0.25) is 0 Å². The lowest BCUT2D eigenvalue weighted by atomic mass is 10.1. The zero-order chi connectivity index (χ0) is 14.7. The van der Waals surface area contributed by atoms with Gasteiger partial charge in [-0.25, -0.2) is 0 Å². The van der Waals surface area contributed by atoms with Crippen LogP contribution >= 0.6 is 23.2 Å². The minimum absolute atomic E-state index is 0.304. The highest BCUT2D eigenvalue weighted by molar-refractivity contribution is 6.39. The van der Waals surface area contributed by atoms with Gasteiger partial charge in [-0.15, -0.1) is 0 Å². The molecule has 0 spiro atoms. The number of aromatic nitrogens is 1. The fraction of sp³-hybridized carbons (Fsp3) is 0.143. The van der Waals surface area contributed by atoms with Gasteiger partial charge in [-0.1, -0.05) is 34.4 Å². The Balaban J connectivity index is 2.57. The highest BCUT2D eigenvalue weighted by atomic mass is 35.5. The molecule has 0 atom stereocenters. The second kappa shape index (κ2) is 6.00. The molecule has 4 nitrogen and oxygen atoms in total. The maximum atomic E-state index is 9.31. The summed E-state index contributed by atoms with van der Waals surface area (Å²) < 4.78 is 5.20. The molecule has 0 aliphatic carbocycles. The van der Waals surface area contributed by atoms with Crippen LogP contribution in [0.15, 0.2) is 28.9 Å². The van der Waals surface area contributed by atoms with E-state index in [0.717, 1.165) is 0 Å². The van der Waals surface area contributed by atoms with Crippen LogP contribution in [0, 0.1) is 11.3 Å². The molecule has 0 aliphatic heterocycles. The van der Waals surface area contributed by atoms with Crippen LogP contribution in [0.2, 0.25) is 10.0 Å². The summed E-state index contributed by atoms with van der Waals surface area (Å²) in [6, 6.07) is 7.18. The van der Waals surface area contributed by atoms with Crippen LogP contribution in [0.3, 0.4) is 0 Å². The average molecular weight is 308 g/mol. The van der Waals surface area contributed by atoms with Crippen LogP contribution < -0.4 is 0 Å². The van der Waals surface area contributed by atoms with Crippen LogP contribution in [0.5, 0.6) is 0 Å². The van der Waals surface area contributed by atoms with Gasteiger partial charge in [0.1, 0.15) is 17.3 Å². The van der Waals surface area contributed by atoms with E-state index in [9.17, 15) is 5.26 Å². The Labute approximate surface area is 126 Å². The largest absolute Gasteiger partial charge is 0.383 e. The zero-order valence-corrected chi connectivity index (χ0v) is 12.4. The van der Waals surface area contributed by atoms with Gasteiger partial charge in [0.25, 0.3) is 0 Å². The van der Waals surface area contributed by atoms with Crippen molar-refractivity contribution < 1.29 is 4.52 Å². The molecule has 0 N–H and O–H groups in total. The van der Waals surface area contributed by atoms with Gasteiger partial charge in [-0.2, -0.15) is 5.26 Å². The summed E-state index contributed by atoms with van der Waals surface area (Å²) in [4.78, 5) is 1.83. The van der Waals surface area contributed by atoms with E-state index in [-0.39, 0.29) is 0 Å². The molecule has 102 valence electrons. The van der Waals surface area contributed by atoms with Crippen molar-refractivity contribution in [3.8, 4) is 17.3 Å². The number of halogens is 2. The Bertz CT molecular complexity index is 679. The SMILES string of the molecule is CN(C)/C=C/c1onc(-c2c(Cl)cccc2Cl)c1C#N. The third-order valence-electron chi connectivity index (χ3n) is 2.55. The van der Waals surface area contributed by atoms with Gasteiger partial charge in [0, 0.05) is 31.9 Å². The average Bonchev–Trinajstić information content (AvgIpc) is 2.79. The third kappa shape index (κ3) is 2.79. The van der Waals surface area contributed by atoms with Gasteiger partial charge in [-0.05, 0) is 12.1 Å². The van der Waals surface area contributed by atoms with Crippen molar-refractivity contribution in [2.75, 3.05) is 14.1 Å². The first kappa shape index (κ1) is 14.4. The fourth-order valence-electron chi connectivity index (χ4n) is 1.64. The van der Waals surface area contributed by atoms with Crippen molar-refractivity contribution in [1.29, 1.82) is 5.26 Å². The number of nitrogens with zero attached hydrogens (tertiary/aromatic N) is 3. The van der Waals surface area contributed by atoms with Crippen LogP contribution in [-0.2, 0) is 0 Å². The highest BCUT2D eigenvalue weighted by Gasteiger charge is 2.20. The number of hydrogen-bond donors (Lipinski definition) is 0. The Morgan fingerprint density at radius 1 is 1.30 bits per heavy atom. The molecule has 0 unspecified atom stereocenters. The summed E-state index contributed by atoms with van der Waals surface area (Å²) in [6.07, 6.45) is 3.43. The third-order valence-corrected chi connectivity index (χ3v) is 3.18. The molecule has 6 heteroatoms. The van der Waals surface area contributed by atoms with Gasteiger partial charge in [0.2, 0.25) is 0 Å². The molecule has 0 fully saturated rings. The lowest BCUT2D eigenvalue weighted by molar-refractivity contribution is 0.414. The summed E-state index contributed by atoms with van der Waals surface area (Å²) in [5.74, 6) is 0.368. The second-order valence-electron chi connectivity index (χ2n) is 4.26. The number of hydrogen-bond acceptors (Lipinski definition) is 4. The predicted octanol–water partition coefficient (Wildman–Crippen LogP) is 4.05. The minimum Gasteiger partial charge on any atom is -0.383 e. The summed E-state index contributed by atoms with van der Waals surface area (Å²) in [6.45, 7) is 0. The van der Waals surface area contributed by atoms with Crippen molar-refractivity contribution in [3.05, 3.63) is 45.8 Å². The molecule has 0 radical (unpaired) electrons. The lowest BCUT2D eigenvalue weighted by Gasteiger charge is -2.03. The first-order valence-electron chi connectivity index (χ1n) is 5.73. The van der Waals surface area contributed by atoms with E-state index in [1.807, 2.05) is 19.0 Å². The molecule has 0 saturated carbocycles. The smallest absolute Gasteiger partial charge is 0.179 e. The second-order valence-corrected chi connectivity index (χ2v) is 5.07. The molecule has 1 aromatic carbocycles. The number of benzene rings is 1. The molecule has 2 rings (SSSR count). The van der Waals surface area contributed by atoms with E-state index in [1.165, 1.54) is 0 Å². The number of nitriles is 1. The lowest BCUT2D eigenvalue weighted by Crippen LogP contribution is -1.99. The minimum atomic E-state index is 0.304. The molecule has 0 saturated heterocycles. The van der Waals surface area contributed by atoms with Crippen molar-refractivity contribution in [2.45, 2.75) is 0 Å². The summed E-state index contributed by atoms with van der Waals surface area (Å²) in [7, 11) is 3.73. The molecule has 2 aromatic rings. The van der Waals surface area contributed by atoms with Crippen LogP contribution in [0.25, 0.3) is 17.3 Å². The standard InChI is InChI=1S/C14H11Cl2N3O/c1-19(2)7-6-12-9(8-17)14(18-20-12)13-10(15)4-3-5-11(13)16/h3-7H,1-2H3/b7-6+. The predicted molar refractivity (Wildman–Crippen MR) is 79.4 cm³/mol. The monoisotopic (exact) mass is 307 g/mol. The normalized spacial score (nSPS) is 10.8. The van der Waals surface area contributed by atoms with Crippen LogP contribution in [-0.4, -0.2) is 24.2 Å². The first-order chi connectivity index (χ1) is 9.54. The summed E-state index contributed by atoms with van der Waals surface area (Å²) >= 11 is 12.3. The Morgan fingerprint density at radius 3 is 2.50 bits per heavy atom. The molecular formula is C14H11Cl2N3O. The quantitative estimate of drug-likeness (QED) is 0.858. The van der Waals surface area contributed by atoms with Crippen molar-refractivity contribution >= 4 is 29.3 Å². The first-order valence-corrected chi connectivity index (χ1v) is 6.49. The van der Waals surface area contributed by atoms with E-state index >= 15 is 0 Å². The van der Waals surface area contributed by atoms with Crippen molar-refractivity contribution in [1.82, 2.24) is 10.1 Å². The van der Waals surface area contributed by atoms with E-state index in [2.05, 4.69) is 11.2 Å². The van der Waals surface area contributed by atoms with Gasteiger partial charge < -0.3 is 9.42 Å². The van der Waals surface area contributed by atoms with E-state index in [4.69, 9.17) is 27.7 Å². The molecule has 1 heterocycles. The molecule has 0 aliphatic rings. The van der Waals surface area contributed by atoms with Gasteiger partial charge in [0.05, 0.1) is 10.0 Å². The molecule has 20 heavy (non-hydrogen) atoms. The van der Waals surface area contributed by atoms with E-state index < -0.39 is 0 Å². The Morgan fingerprint density at radius 2 is 1.95 bits per heavy atom. The zero-order valence-electron chi connectivity index (χ0n) is 10.9. The molecule has 0 bridgehead atoms. The molecule has 0 amide bonds. The van der Waals surface area contributed by atoms with Gasteiger partial charge in [0.15, 0.2) is 5.76 Å². The highest BCUT2D eigenvalue weighted by Crippen LogP contribution is 2.36. The Kier molecular flexibility index (Phi) is 4.33. The topological polar surface area (TPSA) is 53.1 Å². The number of rotatable bonds is 3. The summed E-state index contributed by atoms with van der Waals surface area (Å²) in [5, 5.41) is 14.1. The van der Waals surface area contributed by atoms with Crippen LogP contribution in [0.4, 0.5) is 0 Å². The van der Waals surface area contributed by atoms with E-state index in [1.54, 1.807) is 30.5 Å². The maximum Gasteiger partial charge on any atom is 0.179 e. The summed E-state index contributed by atoms with van der Waals surface area (Å²) in [5.41, 5.74) is 1.15. The van der Waals surface area contributed by atoms with Crippen molar-refractivity contribution in [3.63, 3.8) is 0 Å².